The first-order valence-electron chi connectivity index (χ1n) is 7.42. The summed E-state index contributed by atoms with van der Waals surface area (Å²) < 4.78 is 14.4. The molecular formula is C16H19ClFN3OS. The minimum Gasteiger partial charge on any atom is -0.351 e. The van der Waals surface area contributed by atoms with Crippen molar-refractivity contribution >= 4 is 34.8 Å². The lowest BCUT2D eigenvalue weighted by Crippen LogP contribution is -2.48. The number of carbonyl (C=O) groups is 1. The molecule has 0 saturated heterocycles. The molecule has 1 amide bonds. The Kier molecular flexibility index (Phi) is 5.59. The summed E-state index contributed by atoms with van der Waals surface area (Å²) in [5.41, 5.74) is 1.26. The largest absolute Gasteiger partial charge is 0.351 e. The molecule has 0 aliphatic carbocycles. The highest BCUT2D eigenvalue weighted by molar-refractivity contribution is 7.80. The van der Waals surface area contributed by atoms with Gasteiger partial charge in [0.1, 0.15) is 5.82 Å². The lowest BCUT2D eigenvalue weighted by molar-refractivity contribution is -0.127. The fourth-order valence-electron chi connectivity index (χ4n) is 2.66. The number of likely N-dealkylation sites (N-methyl/N-ethyl adjacent to an activating group) is 1. The Balaban J connectivity index is 2.57. The molecule has 124 valence electrons. The Labute approximate surface area is 145 Å². The number of hydrogen-bond donors (Lipinski definition) is 2. The predicted octanol–water partition coefficient (Wildman–Crippen LogP) is 3.14. The van der Waals surface area contributed by atoms with E-state index >= 15 is 0 Å². The zero-order chi connectivity index (χ0) is 17.1. The zero-order valence-corrected chi connectivity index (χ0v) is 14.8. The van der Waals surface area contributed by atoms with Gasteiger partial charge in [0.25, 0.3) is 5.91 Å². The summed E-state index contributed by atoms with van der Waals surface area (Å²) >= 11 is 11.3. The molecule has 0 spiro atoms. The molecule has 0 saturated carbocycles. The first-order chi connectivity index (χ1) is 10.9. The normalized spacial score (nSPS) is 17.6. The van der Waals surface area contributed by atoms with Crippen molar-refractivity contribution in [1.82, 2.24) is 15.5 Å². The van der Waals surface area contributed by atoms with Gasteiger partial charge in [-0.05, 0) is 45.1 Å². The van der Waals surface area contributed by atoms with Crippen LogP contribution in [0.3, 0.4) is 0 Å². The van der Waals surface area contributed by atoms with Crippen LogP contribution in [-0.2, 0) is 4.79 Å². The molecule has 0 aromatic heterocycles. The van der Waals surface area contributed by atoms with Crippen LogP contribution >= 0.6 is 23.8 Å². The highest BCUT2D eigenvalue weighted by Crippen LogP contribution is 2.34. The molecule has 0 bridgehead atoms. The SMILES string of the molecule is CCN(CC)C(=O)C1=C(C)NC(=S)N[C@@H]1c1c(F)cccc1Cl. The van der Waals surface area contributed by atoms with Gasteiger partial charge >= 0.3 is 0 Å². The average Bonchev–Trinajstić information content (AvgIpc) is 2.47. The zero-order valence-electron chi connectivity index (χ0n) is 13.2. The molecule has 2 N–H and O–H groups in total. The first-order valence-corrected chi connectivity index (χ1v) is 8.20. The van der Waals surface area contributed by atoms with Gasteiger partial charge in [-0.25, -0.2) is 4.39 Å². The molecule has 7 heteroatoms. The lowest BCUT2D eigenvalue weighted by Gasteiger charge is -2.33. The number of benzene rings is 1. The Morgan fingerprint density at radius 2 is 2.04 bits per heavy atom. The first kappa shape index (κ1) is 17.7. The number of halogens is 2. The Bertz CT molecular complexity index is 653. The molecule has 23 heavy (non-hydrogen) atoms. The van der Waals surface area contributed by atoms with E-state index in [1.165, 1.54) is 12.1 Å². The van der Waals surface area contributed by atoms with Gasteiger partial charge in [0, 0.05) is 29.4 Å². The number of nitrogens with zero attached hydrogens (tertiary/aromatic N) is 1. The van der Waals surface area contributed by atoms with Gasteiger partial charge in [-0.1, -0.05) is 17.7 Å². The quantitative estimate of drug-likeness (QED) is 0.814. The average molecular weight is 356 g/mol. The maximum absolute atomic E-state index is 14.4. The number of allylic oxidation sites excluding steroid dienone is 1. The second-order valence-corrected chi connectivity index (χ2v) is 6.00. The molecule has 1 aliphatic heterocycles. The van der Waals surface area contributed by atoms with E-state index in [1.54, 1.807) is 17.9 Å². The monoisotopic (exact) mass is 355 g/mol. The van der Waals surface area contributed by atoms with Crippen molar-refractivity contribution in [1.29, 1.82) is 0 Å². The minimum absolute atomic E-state index is 0.167. The van der Waals surface area contributed by atoms with Crippen molar-refractivity contribution in [3.63, 3.8) is 0 Å². The molecule has 1 aromatic carbocycles. The standard InChI is InChI=1S/C16H19ClFN3OS/c1-4-21(5-2)15(22)12-9(3)19-16(23)20-14(12)13-10(17)7-6-8-11(13)18/h6-8,14H,4-5H2,1-3H3,(H2,19,20,23)/t14-/m0/s1. The number of hydrogen-bond acceptors (Lipinski definition) is 2. The number of nitrogens with one attached hydrogen (secondary N) is 2. The molecule has 1 aromatic rings. The van der Waals surface area contributed by atoms with Gasteiger partial charge in [0.15, 0.2) is 5.11 Å². The van der Waals surface area contributed by atoms with E-state index in [2.05, 4.69) is 10.6 Å². The maximum Gasteiger partial charge on any atom is 0.253 e. The summed E-state index contributed by atoms with van der Waals surface area (Å²) in [5, 5.41) is 6.50. The third-order valence-electron chi connectivity index (χ3n) is 3.84. The van der Waals surface area contributed by atoms with E-state index in [-0.39, 0.29) is 16.5 Å². The number of carbonyl (C=O) groups excluding carboxylic acids is 1. The molecule has 1 aliphatic rings. The smallest absolute Gasteiger partial charge is 0.253 e. The summed E-state index contributed by atoms with van der Waals surface area (Å²) in [5.74, 6) is -0.642. The molecule has 1 heterocycles. The van der Waals surface area contributed by atoms with Crippen molar-refractivity contribution in [2.45, 2.75) is 26.8 Å². The van der Waals surface area contributed by atoms with E-state index < -0.39 is 11.9 Å². The van der Waals surface area contributed by atoms with Crippen LogP contribution in [0.15, 0.2) is 29.5 Å². The van der Waals surface area contributed by atoms with Crippen LogP contribution in [0.1, 0.15) is 32.4 Å². The molecule has 1 atom stereocenters. The van der Waals surface area contributed by atoms with Crippen molar-refractivity contribution in [2.75, 3.05) is 13.1 Å². The van der Waals surface area contributed by atoms with Crippen LogP contribution in [0.25, 0.3) is 0 Å². The second kappa shape index (κ2) is 7.27. The fourth-order valence-corrected chi connectivity index (χ4v) is 3.20. The van der Waals surface area contributed by atoms with Crippen molar-refractivity contribution in [3.05, 3.63) is 45.9 Å². The second-order valence-electron chi connectivity index (χ2n) is 5.18. The van der Waals surface area contributed by atoms with E-state index in [9.17, 15) is 9.18 Å². The molecule has 4 nitrogen and oxygen atoms in total. The fraction of sp³-hybridized carbons (Fsp3) is 0.375. The van der Waals surface area contributed by atoms with Gasteiger partial charge in [0.05, 0.1) is 11.6 Å². The Morgan fingerprint density at radius 3 is 2.61 bits per heavy atom. The molecule has 0 radical (unpaired) electrons. The molecule has 0 fully saturated rings. The summed E-state index contributed by atoms with van der Waals surface area (Å²) in [6, 6.07) is 3.73. The van der Waals surface area contributed by atoms with Gasteiger partial charge in [-0.2, -0.15) is 0 Å². The summed E-state index contributed by atoms with van der Waals surface area (Å²) in [4.78, 5) is 14.5. The molecule has 2 rings (SSSR count). The minimum atomic E-state index is -0.717. The van der Waals surface area contributed by atoms with Crippen molar-refractivity contribution in [2.24, 2.45) is 0 Å². The third-order valence-corrected chi connectivity index (χ3v) is 4.39. The van der Waals surface area contributed by atoms with E-state index in [0.717, 1.165) is 0 Å². The number of thiocarbonyl (C=S) groups is 1. The topological polar surface area (TPSA) is 44.4 Å². The van der Waals surface area contributed by atoms with Gasteiger partial charge < -0.3 is 15.5 Å². The van der Waals surface area contributed by atoms with Gasteiger partial charge in [-0.15, -0.1) is 0 Å². The van der Waals surface area contributed by atoms with Crippen molar-refractivity contribution < 1.29 is 9.18 Å². The number of amides is 1. The van der Waals surface area contributed by atoms with Crippen molar-refractivity contribution in [3.8, 4) is 0 Å². The van der Waals surface area contributed by atoms with Crippen LogP contribution in [0.4, 0.5) is 4.39 Å². The lowest BCUT2D eigenvalue weighted by atomic mass is 9.94. The molecule has 0 unspecified atom stereocenters. The highest BCUT2D eigenvalue weighted by Gasteiger charge is 2.34. The van der Waals surface area contributed by atoms with E-state index in [4.69, 9.17) is 23.8 Å². The van der Waals surface area contributed by atoms with Crippen LogP contribution in [-0.4, -0.2) is 29.0 Å². The van der Waals surface area contributed by atoms with E-state index in [1.807, 2.05) is 13.8 Å². The third kappa shape index (κ3) is 3.48. The van der Waals surface area contributed by atoms with Gasteiger partial charge in [-0.3, -0.25) is 4.79 Å². The summed E-state index contributed by atoms with van der Waals surface area (Å²) in [6.45, 7) is 6.68. The van der Waals surface area contributed by atoms with Crippen LogP contribution < -0.4 is 10.6 Å². The summed E-state index contributed by atoms with van der Waals surface area (Å²) in [7, 11) is 0. The predicted molar refractivity (Wildman–Crippen MR) is 93.6 cm³/mol. The van der Waals surface area contributed by atoms with Gasteiger partial charge in [0.2, 0.25) is 0 Å². The van der Waals surface area contributed by atoms with Crippen LogP contribution in [0.2, 0.25) is 5.02 Å². The number of rotatable bonds is 4. The van der Waals surface area contributed by atoms with E-state index in [0.29, 0.717) is 29.5 Å². The van der Waals surface area contributed by atoms with Crippen LogP contribution in [0.5, 0.6) is 0 Å². The summed E-state index contributed by atoms with van der Waals surface area (Å²) in [6.07, 6.45) is 0. The maximum atomic E-state index is 14.4. The molecular weight excluding hydrogens is 337 g/mol. The Hall–Kier alpha value is -1.66. The van der Waals surface area contributed by atoms with Crippen LogP contribution in [0, 0.1) is 5.82 Å². The Morgan fingerprint density at radius 1 is 1.39 bits per heavy atom. The highest BCUT2D eigenvalue weighted by atomic mass is 35.5.